The van der Waals surface area contributed by atoms with Gasteiger partial charge < -0.3 is 4.43 Å². The molecule has 0 aliphatic heterocycles. The Morgan fingerprint density at radius 2 is 1.70 bits per heavy atom. The van der Waals surface area contributed by atoms with E-state index in [1.54, 1.807) is 12.2 Å². The summed E-state index contributed by atoms with van der Waals surface area (Å²) in [6.45, 7) is 18.6. The van der Waals surface area contributed by atoms with E-state index >= 15 is 0 Å². The number of hydrogen-bond acceptors (Lipinski definition) is 3. The lowest BCUT2D eigenvalue weighted by Gasteiger charge is -2.37. The van der Waals surface area contributed by atoms with Crippen molar-refractivity contribution >= 4 is 18.3 Å². The average molecular weight is 410 g/mol. The Kier molecular flexibility index (Phi) is 7.85. The zero-order valence-corrected chi connectivity index (χ0v) is 20.0. The molecule has 0 spiro atoms. The summed E-state index contributed by atoms with van der Waals surface area (Å²) in [5.41, 5.74) is 5.54. The van der Waals surface area contributed by atoms with Crippen LogP contribution in [0.2, 0.25) is 18.1 Å². The highest BCUT2D eigenvalue weighted by Crippen LogP contribution is 2.36. The van der Waals surface area contributed by atoms with E-state index in [4.69, 9.17) is 4.43 Å². The molecule has 0 bridgehead atoms. The predicted molar refractivity (Wildman–Crippen MR) is 116 cm³/mol. The first-order valence-electron chi connectivity index (χ1n) is 9.32. The topological polar surface area (TPSA) is 55.4 Å². The van der Waals surface area contributed by atoms with Gasteiger partial charge in [-0.1, -0.05) is 38.5 Å². The zero-order chi connectivity index (χ0) is 21.0. The van der Waals surface area contributed by atoms with E-state index in [0.717, 1.165) is 16.7 Å². The molecule has 0 saturated carbocycles. The molecule has 0 unspecified atom stereocenters. The largest absolute Gasteiger partial charge is 0.415 e. The minimum Gasteiger partial charge on any atom is -0.415 e. The number of nitrogens with one attached hydrogen (secondary N) is 1. The minimum absolute atomic E-state index is 0.0604. The summed E-state index contributed by atoms with van der Waals surface area (Å²) in [5.74, 6) is 0. The van der Waals surface area contributed by atoms with Gasteiger partial charge in [-0.05, 0) is 69.1 Å². The molecule has 0 radical (unpaired) electrons. The van der Waals surface area contributed by atoms with E-state index in [1.165, 1.54) is 0 Å². The zero-order valence-electron chi connectivity index (χ0n) is 18.2. The lowest BCUT2D eigenvalue weighted by atomic mass is 10.1. The molecule has 27 heavy (non-hydrogen) atoms. The Morgan fingerprint density at radius 3 is 2.15 bits per heavy atom. The summed E-state index contributed by atoms with van der Waals surface area (Å²) in [4.78, 5) is 0.347. The smallest absolute Gasteiger partial charge is 0.241 e. The molecule has 0 fully saturated rings. The molecule has 0 aliphatic rings. The molecule has 4 nitrogen and oxygen atoms in total. The number of rotatable bonds is 7. The van der Waals surface area contributed by atoms with Crippen molar-refractivity contribution in [2.45, 2.75) is 77.5 Å². The summed E-state index contributed by atoms with van der Waals surface area (Å²) in [5, 5.41) is 0.0604. The lowest BCUT2D eigenvalue weighted by Crippen LogP contribution is -2.45. The second-order valence-electron chi connectivity index (χ2n) is 8.65. The van der Waals surface area contributed by atoms with Gasteiger partial charge in [0.2, 0.25) is 10.0 Å². The van der Waals surface area contributed by atoms with E-state index in [2.05, 4.69) is 44.3 Å². The Balaban J connectivity index is 3.15. The molecule has 0 aliphatic carbocycles. The van der Waals surface area contributed by atoms with Gasteiger partial charge in [0.25, 0.3) is 0 Å². The molecule has 0 saturated heterocycles. The van der Waals surface area contributed by atoms with Gasteiger partial charge in [0.1, 0.15) is 0 Å². The highest BCUT2D eigenvalue weighted by molar-refractivity contribution is 7.89. The van der Waals surface area contributed by atoms with E-state index < -0.39 is 24.4 Å². The SMILES string of the molecule is CC=C=C[C@H](CO[Si](C)(C)C(C)(C)C)NS(=O)(=O)c1c(C)cc(C)cc1C. The third-order valence-electron chi connectivity index (χ3n) is 5.07. The van der Waals surface area contributed by atoms with Gasteiger partial charge in [-0.2, -0.15) is 0 Å². The van der Waals surface area contributed by atoms with E-state index in [0.29, 0.717) is 11.5 Å². The van der Waals surface area contributed by atoms with Crippen molar-refractivity contribution in [3.63, 3.8) is 0 Å². The van der Waals surface area contributed by atoms with Gasteiger partial charge in [0, 0.05) is 0 Å². The van der Waals surface area contributed by atoms with Crippen LogP contribution in [0.25, 0.3) is 0 Å². The number of sulfonamides is 1. The van der Waals surface area contributed by atoms with Crippen molar-refractivity contribution in [1.29, 1.82) is 0 Å². The molecule has 1 rings (SSSR count). The Bertz CT molecular complexity index is 806. The van der Waals surface area contributed by atoms with E-state index in [-0.39, 0.29) is 5.04 Å². The van der Waals surface area contributed by atoms with Crippen molar-refractivity contribution in [2.24, 2.45) is 0 Å². The van der Waals surface area contributed by atoms with Crippen LogP contribution < -0.4 is 4.72 Å². The molecule has 0 heterocycles. The molecule has 0 aromatic heterocycles. The molecule has 152 valence electrons. The predicted octanol–water partition coefficient (Wildman–Crippen LogP) is 5.01. The molecule has 0 amide bonds. The Hall–Kier alpha value is -1.17. The van der Waals surface area contributed by atoms with Crippen molar-refractivity contribution in [1.82, 2.24) is 4.72 Å². The van der Waals surface area contributed by atoms with Crippen molar-refractivity contribution in [3.05, 3.63) is 46.7 Å². The second-order valence-corrected chi connectivity index (χ2v) is 15.1. The fourth-order valence-corrected chi connectivity index (χ4v) is 5.34. The van der Waals surface area contributed by atoms with Gasteiger partial charge in [-0.25, -0.2) is 13.1 Å². The lowest BCUT2D eigenvalue weighted by molar-refractivity contribution is 0.272. The number of benzene rings is 1. The van der Waals surface area contributed by atoms with Crippen LogP contribution in [0.1, 0.15) is 44.4 Å². The fraction of sp³-hybridized carbons (Fsp3) is 0.571. The maximum absolute atomic E-state index is 13.1. The molecular weight excluding hydrogens is 374 g/mol. The summed E-state index contributed by atoms with van der Waals surface area (Å²) in [6.07, 6.45) is 3.49. The van der Waals surface area contributed by atoms with Crippen LogP contribution in [0.15, 0.2) is 34.9 Å². The third-order valence-corrected chi connectivity index (χ3v) is 11.4. The van der Waals surface area contributed by atoms with Crippen LogP contribution in [0.4, 0.5) is 0 Å². The normalized spacial score (nSPS) is 13.8. The summed E-state index contributed by atoms with van der Waals surface area (Å²) >= 11 is 0. The molecule has 1 aromatic carbocycles. The minimum atomic E-state index is -3.67. The first kappa shape index (κ1) is 23.9. The second kappa shape index (κ2) is 8.89. The maximum atomic E-state index is 13.1. The van der Waals surface area contributed by atoms with Crippen molar-refractivity contribution in [3.8, 4) is 0 Å². The van der Waals surface area contributed by atoms with Crippen LogP contribution in [0.5, 0.6) is 0 Å². The molecule has 6 heteroatoms. The highest BCUT2D eigenvalue weighted by atomic mass is 32.2. The van der Waals surface area contributed by atoms with E-state index in [1.807, 2.05) is 39.8 Å². The molecule has 1 N–H and O–H groups in total. The van der Waals surface area contributed by atoms with Gasteiger partial charge >= 0.3 is 0 Å². The van der Waals surface area contributed by atoms with E-state index in [9.17, 15) is 8.42 Å². The highest BCUT2D eigenvalue weighted by Gasteiger charge is 2.37. The summed E-state index contributed by atoms with van der Waals surface area (Å²) in [6, 6.07) is 3.31. The van der Waals surface area contributed by atoms with Gasteiger partial charge in [0.05, 0.1) is 17.5 Å². The van der Waals surface area contributed by atoms with Crippen LogP contribution in [-0.4, -0.2) is 29.4 Å². The summed E-state index contributed by atoms with van der Waals surface area (Å²) in [7, 11) is -5.65. The summed E-state index contributed by atoms with van der Waals surface area (Å²) < 4.78 is 35.2. The van der Waals surface area contributed by atoms with Crippen LogP contribution >= 0.6 is 0 Å². The van der Waals surface area contributed by atoms with Gasteiger partial charge in [-0.15, -0.1) is 5.73 Å². The fourth-order valence-electron chi connectivity index (χ4n) is 2.69. The quantitative estimate of drug-likeness (QED) is 0.508. The molecule has 1 atom stereocenters. The van der Waals surface area contributed by atoms with Gasteiger partial charge in [0.15, 0.2) is 8.32 Å². The number of hydrogen-bond donors (Lipinski definition) is 1. The first-order valence-corrected chi connectivity index (χ1v) is 13.7. The van der Waals surface area contributed by atoms with Crippen LogP contribution in [0.3, 0.4) is 0 Å². The van der Waals surface area contributed by atoms with Gasteiger partial charge in [-0.3, -0.25) is 0 Å². The van der Waals surface area contributed by atoms with Crippen molar-refractivity contribution in [2.75, 3.05) is 6.61 Å². The number of aryl methyl sites for hydroxylation is 3. The average Bonchev–Trinajstić information content (AvgIpc) is 2.47. The standard InChI is InChI=1S/C21H35NO3SSi/c1-10-11-12-19(15-25-27(8,9)21(5,6)7)22-26(23,24)20-17(3)13-16(2)14-18(20)4/h10,12-14,19,22H,15H2,1-9H3/t11?,19-/m1/s1. The van der Waals surface area contributed by atoms with Crippen LogP contribution in [0, 0.1) is 20.8 Å². The monoisotopic (exact) mass is 409 g/mol. The van der Waals surface area contributed by atoms with Crippen LogP contribution in [-0.2, 0) is 14.4 Å². The first-order chi connectivity index (χ1) is 12.2. The third kappa shape index (κ3) is 6.44. The maximum Gasteiger partial charge on any atom is 0.241 e. The Labute approximate surface area is 166 Å². The molecule has 1 aromatic rings. The molecular formula is C21H35NO3SSi. The van der Waals surface area contributed by atoms with Crippen molar-refractivity contribution < 1.29 is 12.8 Å². The Morgan fingerprint density at radius 1 is 1.19 bits per heavy atom.